The van der Waals surface area contributed by atoms with Crippen LogP contribution in [0.5, 0.6) is 5.75 Å². The summed E-state index contributed by atoms with van der Waals surface area (Å²) < 4.78 is 9.68. The van der Waals surface area contributed by atoms with E-state index in [2.05, 4.69) is 15.4 Å². The lowest BCUT2D eigenvalue weighted by atomic mass is 10.3. The maximum atomic E-state index is 11.5. The van der Waals surface area contributed by atoms with E-state index in [1.54, 1.807) is 38.3 Å². The van der Waals surface area contributed by atoms with Gasteiger partial charge in [-0.2, -0.15) is 0 Å². The maximum Gasteiger partial charge on any atom is 0.330 e. The van der Waals surface area contributed by atoms with E-state index >= 15 is 0 Å². The first kappa shape index (κ1) is 16.6. The van der Waals surface area contributed by atoms with Crippen molar-refractivity contribution >= 4 is 34.9 Å². The molecule has 0 bridgehead atoms. The van der Waals surface area contributed by atoms with Gasteiger partial charge in [0.05, 0.1) is 13.7 Å². The number of esters is 1. The van der Waals surface area contributed by atoms with E-state index in [0.717, 1.165) is 12.2 Å². The molecule has 0 aliphatic heterocycles. The second-order valence-electron chi connectivity index (χ2n) is 3.76. The molecule has 0 heterocycles. The van der Waals surface area contributed by atoms with Crippen molar-refractivity contribution in [2.24, 2.45) is 0 Å². The molecule has 2 N–H and O–H groups in total. The fourth-order valence-electron chi connectivity index (χ4n) is 1.32. The Hall–Kier alpha value is -2.41. The Morgan fingerprint density at radius 2 is 1.90 bits per heavy atom. The summed E-state index contributed by atoms with van der Waals surface area (Å²) in [6.45, 7) is 1.93. The topological polar surface area (TPSA) is 76.7 Å². The van der Waals surface area contributed by atoms with Gasteiger partial charge in [0.15, 0.2) is 5.11 Å². The average Bonchev–Trinajstić information content (AvgIpc) is 2.46. The zero-order valence-corrected chi connectivity index (χ0v) is 12.5. The van der Waals surface area contributed by atoms with E-state index in [1.807, 2.05) is 0 Å². The highest BCUT2D eigenvalue weighted by Crippen LogP contribution is 2.14. The molecule has 7 heteroatoms. The Labute approximate surface area is 128 Å². The van der Waals surface area contributed by atoms with E-state index in [-0.39, 0.29) is 11.7 Å². The number of anilines is 1. The van der Waals surface area contributed by atoms with E-state index < -0.39 is 11.9 Å². The molecule has 0 aromatic heterocycles. The Kier molecular flexibility index (Phi) is 6.90. The highest BCUT2D eigenvalue weighted by atomic mass is 32.1. The Bertz CT molecular complexity index is 540. The second kappa shape index (κ2) is 8.70. The van der Waals surface area contributed by atoms with Crippen molar-refractivity contribution in [1.82, 2.24) is 5.32 Å². The molecular weight excluding hydrogens is 292 g/mol. The monoisotopic (exact) mass is 308 g/mol. The van der Waals surface area contributed by atoms with Gasteiger partial charge >= 0.3 is 5.97 Å². The van der Waals surface area contributed by atoms with E-state index in [1.165, 1.54) is 0 Å². The summed E-state index contributed by atoms with van der Waals surface area (Å²) in [6.07, 6.45) is 2.09. The minimum atomic E-state index is -0.582. The number of rotatable bonds is 5. The Morgan fingerprint density at radius 3 is 2.48 bits per heavy atom. The minimum absolute atomic E-state index is 0.124. The number of hydrogen-bond donors (Lipinski definition) is 2. The molecule has 0 radical (unpaired) electrons. The lowest BCUT2D eigenvalue weighted by Crippen LogP contribution is -2.32. The largest absolute Gasteiger partial charge is 0.497 e. The van der Waals surface area contributed by atoms with Crippen LogP contribution in [0.1, 0.15) is 6.92 Å². The smallest absolute Gasteiger partial charge is 0.330 e. The molecule has 0 aliphatic carbocycles. The molecule has 0 aliphatic rings. The van der Waals surface area contributed by atoms with Gasteiger partial charge in [-0.1, -0.05) is 0 Å². The number of amides is 1. The number of benzene rings is 1. The molecule has 1 amide bonds. The van der Waals surface area contributed by atoms with Crippen LogP contribution in [0.2, 0.25) is 0 Å². The standard InChI is InChI=1S/C14H16N2O4S/c1-3-20-13(18)9-8-12(17)16-14(21)15-10-4-6-11(19-2)7-5-10/h4-9H,3H2,1-2H3,(H2,15,16,17,21). The van der Waals surface area contributed by atoms with Gasteiger partial charge in [-0.15, -0.1) is 0 Å². The van der Waals surface area contributed by atoms with Crippen molar-refractivity contribution in [3.05, 3.63) is 36.4 Å². The molecule has 0 unspecified atom stereocenters. The van der Waals surface area contributed by atoms with Gasteiger partial charge in [-0.25, -0.2) is 4.79 Å². The Morgan fingerprint density at radius 1 is 1.24 bits per heavy atom. The molecule has 1 rings (SSSR count). The molecular formula is C14H16N2O4S. The number of carbonyl (C=O) groups excluding carboxylic acids is 2. The number of methoxy groups -OCH3 is 1. The number of thiocarbonyl (C=S) groups is 1. The van der Waals surface area contributed by atoms with Gasteiger partial charge in [0, 0.05) is 17.8 Å². The summed E-state index contributed by atoms with van der Waals surface area (Å²) in [4.78, 5) is 22.5. The van der Waals surface area contributed by atoms with Crippen molar-refractivity contribution in [2.75, 3.05) is 19.0 Å². The van der Waals surface area contributed by atoms with Crippen LogP contribution in [-0.4, -0.2) is 30.7 Å². The van der Waals surface area contributed by atoms with Crippen LogP contribution in [0.4, 0.5) is 5.69 Å². The zero-order chi connectivity index (χ0) is 15.7. The number of carbonyl (C=O) groups is 2. The summed E-state index contributed by atoms with van der Waals surface area (Å²) in [5.74, 6) is -0.386. The molecule has 1 aromatic carbocycles. The number of hydrogen-bond acceptors (Lipinski definition) is 5. The summed E-state index contributed by atoms with van der Waals surface area (Å²) in [5, 5.41) is 5.36. The average molecular weight is 308 g/mol. The molecule has 21 heavy (non-hydrogen) atoms. The van der Waals surface area contributed by atoms with Crippen LogP contribution >= 0.6 is 12.2 Å². The molecule has 0 atom stereocenters. The van der Waals surface area contributed by atoms with Crippen LogP contribution in [0.25, 0.3) is 0 Å². The van der Waals surface area contributed by atoms with E-state index in [4.69, 9.17) is 17.0 Å². The first-order valence-electron chi connectivity index (χ1n) is 6.16. The predicted octanol–water partition coefficient (Wildman–Crippen LogP) is 1.63. The van der Waals surface area contributed by atoms with Gasteiger partial charge < -0.3 is 14.8 Å². The second-order valence-corrected chi connectivity index (χ2v) is 4.17. The van der Waals surface area contributed by atoms with Crippen molar-refractivity contribution in [3.8, 4) is 5.75 Å². The fraction of sp³-hybridized carbons (Fsp3) is 0.214. The van der Waals surface area contributed by atoms with Crippen LogP contribution in [0, 0.1) is 0 Å². The van der Waals surface area contributed by atoms with Crippen molar-refractivity contribution in [1.29, 1.82) is 0 Å². The summed E-state index contributed by atoms with van der Waals surface area (Å²) in [7, 11) is 1.57. The van der Waals surface area contributed by atoms with Crippen LogP contribution in [0.15, 0.2) is 36.4 Å². The van der Waals surface area contributed by atoms with E-state index in [0.29, 0.717) is 11.4 Å². The predicted molar refractivity (Wildman–Crippen MR) is 83.1 cm³/mol. The summed E-state index contributed by atoms with van der Waals surface area (Å²) >= 11 is 4.98. The third-order valence-corrected chi connectivity index (χ3v) is 2.45. The molecule has 0 fully saturated rings. The SMILES string of the molecule is CCOC(=O)C=CC(=O)NC(=S)Nc1ccc(OC)cc1. The zero-order valence-electron chi connectivity index (χ0n) is 11.7. The molecule has 1 aromatic rings. The molecule has 0 saturated heterocycles. The molecule has 0 spiro atoms. The quantitative estimate of drug-likeness (QED) is 0.489. The van der Waals surface area contributed by atoms with E-state index in [9.17, 15) is 9.59 Å². The van der Waals surface area contributed by atoms with Crippen LogP contribution in [0.3, 0.4) is 0 Å². The first-order chi connectivity index (χ1) is 10.0. The molecule has 6 nitrogen and oxygen atoms in total. The third-order valence-electron chi connectivity index (χ3n) is 2.24. The number of nitrogens with one attached hydrogen (secondary N) is 2. The molecule has 112 valence electrons. The van der Waals surface area contributed by atoms with Gasteiger partial charge in [0.2, 0.25) is 5.91 Å². The molecule has 0 saturated carbocycles. The van der Waals surface area contributed by atoms with Crippen LogP contribution < -0.4 is 15.4 Å². The van der Waals surface area contributed by atoms with Crippen molar-refractivity contribution in [3.63, 3.8) is 0 Å². The number of ether oxygens (including phenoxy) is 2. The highest BCUT2D eigenvalue weighted by Gasteiger charge is 2.03. The van der Waals surface area contributed by atoms with Gasteiger partial charge in [-0.05, 0) is 43.4 Å². The Balaban J connectivity index is 2.45. The first-order valence-corrected chi connectivity index (χ1v) is 6.56. The van der Waals surface area contributed by atoms with Crippen LogP contribution in [-0.2, 0) is 14.3 Å². The fourth-order valence-corrected chi connectivity index (χ4v) is 1.54. The highest BCUT2D eigenvalue weighted by molar-refractivity contribution is 7.80. The van der Waals surface area contributed by atoms with Crippen molar-refractivity contribution in [2.45, 2.75) is 6.92 Å². The van der Waals surface area contributed by atoms with Gasteiger partial charge in [0.25, 0.3) is 0 Å². The van der Waals surface area contributed by atoms with Crippen molar-refractivity contribution < 1.29 is 19.1 Å². The summed E-state index contributed by atoms with van der Waals surface area (Å²) in [6, 6.07) is 7.03. The lowest BCUT2D eigenvalue weighted by molar-refractivity contribution is -0.137. The lowest BCUT2D eigenvalue weighted by Gasteiger charge is -2.08. The maximum absolute atomic E-state index is 11.5. The summed E-state index contributed by atoms with van der Waals surface area (Å²) in [5.41, 5.74) is 0.704. The third kappa shape index (κ3) is 6.53. The normalized spacial score (nSPS) is 10.0. The van der Waals surface area contributed by atoms with Gasteiger partial charge in [0.1, 0.15) is 5.75 Å². The minimum Gasteiger partial charge on any atom is -0.497 e. The van der Waals surface area contributed by atoms with Gasteiger partial charge in [-0.3, -0.25) is 10.1 Å².